The van der Waals surface area contributed by atoms with Crippen LogP contribution in [-0.4, -0.2) is 15.5 Å². The van der Waals surface area contributed by atoms with E-state index in [-0.39, 0.29) is 36.0 Å². The first-order valence-corrected chi connectivity index (χ1v) is 10.6. The first kappa shape index (κ1) is 20.3. The van der Waals surface area contributed by atoms with Crippen molar-refractivity contribution in [2.24, 2.45) is 0 Å². The summed E-state index contributed by atoms with van der Waals surface area (Å²) in [6.45, 7) is 6.77. The van der Waals surface area contributed by atoms with Crippen LogP contribution in [0.15, 0.2) is 53.3 Å². The van der Waals surface area contributed by atoms with Gasteiger partial charge >= 0.3 is 5.97 Å². The average Bonchev–Trinajstić information content (AvgIpc) is 3.55. The topological polar surface area (TPSA) is 61.2 Å². The van der Waals surface area contributed by atoms with Gasteiger partial charge in [0.05, 0.1) is 17.3 Å². The van der Waals surface area contributed by atoms with Crippen LogP contribution in [0.25, 0.3) is 10.9 Å². The van der Waals surface area contributed by atoms with Crippen LogP contribution in [0.2, 0.25) is 0 Å². The number of hydrogen-bond acceptors (Lipinski definition) is 4. The first-order chi connectivity index (χ1) is 14.3. The van der Waals surface area contributed by atoms with Crippen LogP contribution in [0, 0.1) is 0 Å². The van der Waals surface area contributed by atoms with Gasteiger partial charge in [0.2, 0.25) is 0 Å². The second-order valence-corrected chi connectivity index (χ2v) is 9.06. The molecule has 4 rings (SSSR count). The number of para-hydroxylation sites is 1. The molecule has 1 heterocycles. The number of nitrogens with zero attached hydrogens (tertiary/aromatic N) is 2. The van der Waals surface area contributed by atoms with Gasteiger partial charge in [-0.3, -0.25) is 14.2 Å². The van der Waals surface area contributed by atoms with Gasteiger partial charge in [0.1, 0.15) is 12.4 Å². The Kier molecular flexibility index (Phi) is 5.46. The van der Waals surface area contributed by atoms with Crippen LogP contribution < -0.4 is 5.56 Å². The minimum atomic E-state index is -0.278. The number of esters is 1. The number of aryl methyl sites for hydroxylation is 1. The highest BCUT2D eigenvalue weighted by molar-refractivity contribution is 5.77. The van der Waals surface area contributed by atoms with E-state index in [1.54, 1.807) is 4.57 Å². The van der Waals surface area contributed by atoms with Gasteiger partial charge in [0, 0.05) is 12.5 Å². The van der Waals surface area contributed by atoms with Crippen molar-refractivity contribution in [1.82, 2.24) is 9.55 Å². The summed E-state index contributed by atoms with van der Waals surface area (Å²) < 4.78 is 7.23. The second-order valence-electron chi connectivity index (χ2n) is 9.06. The summed E-state index contributed by atoms with van der Waals surface area (Å²) in [5.74, 6) is 0.396. The van der Waals surface area contributed by atoms with Crippen molar-refractivity contribution in [2.75, 3.05) is 0 Å². The van der Waals surface area contributed by atoms with Crippen LogP contribution in [-0.2, 0) is 28.0 Å². The van der Waals surface area contributed by atoms with Gasteiger partial charge in [-0.2, -0.15) is 0 Å². The molecule has 1 saturated carbocycles. The highest BCUT2D eigenvalue weighted by atomic mass is 16.5. The minimum Gasteiger partial charge on any atom is -0.461 e. The number of rotatable bonds is 6. The third kappa shape index (κ3) is 4.45. The molecular formula is C25H28N2O3. The lowest BCUT2D eigenvalue weighted by Crippen LogP contribution is -2.25. The van der Waals surface area contributed by atoms with E-state index in [2.05, 4.69) is 37.9 Å². The molecule has 2 aromatic carbocycles. The summed E-state index contributed by atoms with van der Waals surface area (Å²) in [6, 6.07) is 15.8. The molecule has 156 valence electrons. The van der Waals surface area contributed by atoms with E-state index in [1.165, 1.54) is 5.56 Å². The highest BCUT2D eigenvalue weighted by Crippen LogP contribution is 2.35. The van der Waals surface area contributed by atoms with Crippen molar-refractivity contribution in [2.45, 2.75) is 64.5 Å². The summed E-state index contributed by atoms with van der Waals surface area (Å²) >= 11 is 0. The Morgan fingerprint density at radius 2 is 1.80 bits per heavy atom. The molecule has 5 nitrogen and oxygen atoms in total. The Bertz CT molecular complexity index is 1120. The lowest BCUT2D eigenvalue weighted by molar-refractivity contribution is -0.144. The standard InChI is InChI=1S/C25H28N2O3/c1-25(2,3)18-10-8-17(9-11-18)16-30-23(28)15-14-22-26-21-7-5-4-6-20(21)24(29)27(22)19-12-13-19/h4-11,19H,12-16H2,1-3H3. The number of aromatic nitrogens is 2. The van der Waals surface area contributed by atoms with E-state index in [9.17, 15) is 9.59 Å². The lowest BCUT2D eigenvalue weighted by atomic mass is 9.87. The van der Waals surface area contributed by atoms with Crippen molar-refractivity contribution < 1.29 is 9.53 Å². The molecular weight excluding hydrogens is 376 g/mol. The van der Waals surface area contributed by atoms with E-state index in [0.717, 1.165) is 18.4 Å². The third-order valence-electron chi connectivity index (χ3n) is 5.57. The maximum Gasteiger partial charge on any atom is 0.306 e. The minimum absolute atomic E-state index is 0.00888. The molecule has 0 amide bonds. The average molecular weight is 405 g/mol. The molecule has 1 aliphatic rings. The van der Waals surface area contributed by atoms with Gasteiger partial charge in [-0.1, -0.05) is 57.2 Å². The molecule has 3 aromatic rings. The Morgan fingerprint density at radius 3 is 2.47 bits per heavy atom. The summed E-state index contributed by atoms with van der Waals surface area (Å²) in [7, 11) is 0. The highest BCUT2D eigenvalue weighted by Gasteiger charge is 2.28. The number of benzene rings is 2. The molecule has 0 radical (unpaired) electrons. The molecule has 30 heavy (non-hydrogen) atoms. The summed E-state index contributed by atoms with van der Waals surface area (Å²) in [6.07, 6.45) is 2.58. The van der Waals surface area contributed by atoms with E-state index in [4.69, 9.17) is 4.74 Å². The fourth-order valence-corrected chi connectivity index (χ4v) is 3.63. The maximum absolute atomic E-state index is 12.9. The Labute approximate surface area is 176 Å². The molecule has 0 aliphatic heterocycles. The van der Waals surface area contributed by atoms with Gasteiger partial charge in [-0.15, -0.1) is 0 Å². The number of fused-ring (bicyclic) bond motifs is 1. The van der Waals surface area contributed by atoms with Crippen molar-refractivity contribution in [3.8, 4) is 0 Å². The zero-order chi connectivity index (χ0) is 21.3. The van der Waals surface area contributed by atoms with Crippen LogP contribution >= 0.6 is 0 Å². The van der Waals surface area contributed by atoms with Crippen molar-refractivity contribution in [1.29, 1.82) is 0 Å². The van der Waals surface area contributed by atoms with Crippen molar-refractivity contribution >= 4 is 16.9 Å². The van der Waals surface area contributed by atoms with Crippen LogP contribution in [0.1, 0.15) is 63.0 Å². The molecule has 0 atom stereocenters. The zero-order valence-corrected chi connectivity index (χ0v) is 17.9. The third-order valence-corrected chi connectivity index (χ3v) is 5.57. The zero-order valence-electron chi connectivity index (χ0n) is 17.9. The van der Waals surface area contributed by atoms with E-state index >= 15 is 0 Å². The second kappa shape index (κ2) is 8.05. The van der Waals surface area contributed by atoms with Gasteiger partial charge in [-0.05, 0) is 41.5 Å². The van der Waals surface area contributed by atoms with Crippen LogP contribution in [0.5, 0.6) is 0 Å². The van der Waals surface area contributed by atoms with Gasteiger partial charge in [-0.25, -0.2) is 4.98 Å². The summed E-state index contributed by atoms with van der Waals surface area (Å²) in [4.78, 5) is 29.9. The number of carbonyl (C=O) groups excluding carboxylic acids is 1. The predicted molar refractivity (Wildman–Crippen MR) is 118 cm³/mol. The predicted octanol–water partition coefficient (Wildman–Crippen LogP) is 4.70. The first-order valence-electron chi connectivity index (χ1n) is 10.6. The molecule has 0 N–H and O–H groups in total. The van der Waals surface area contributed by atoms with Gasteiger partial charge in [0.15, 0.2) is 0 Å². The normalized spacial score (nSPS) is 14.1. The summed E-state index contributed by atoms with van der Waals surface area (Å²) in [5, 5.41) is 0.634. The largest absolute Gasteiger partial charge is 0.461 e. The number of hydrogen-bond donors (Lipinski definition) is 0. The molecule has 0 spiro atoms. The molecule has 0 saturated heterocycles. The van der Waals surface area contributed by atoms with Gasteiger partial charge in [0.25, 0.3) is 5.56 Å². The van der Waals surface area contributed by atoms with Crippen molar-refractivity contribution in [3.63, 3.8) is 0 Å². The van der Waals surface area contributed by atoms with E-state index in [1.807, 2.05) is 36.4 Å². The molecule has 0 bridgehead atoms. The quantitative estimate of drug-likeness (QED) is 0.559. The Balaban J connectivity index is 1.41. The fourth-order valence-electron chi connectivity index (χ4n) is 3.63. The smallest absolute Gasteiger partial charge is 0.306 e. The monoisotopic (exact) mass is 404 g/mol. The molecule has 5 heteroatoms. The summed E-state index contributed by atoms with van der Waals surface area (Å²) in [5.41, 5.74) is 2.99. The van der Waals surface area contributed by atoms with Crippen LogP contribution in [0.3, 0.4) is 0 Å². The van der Waals surface area contributed by atoms with Crippen molar-refractivity contribution in [3.05, 3.63) is 75.8 Å². The molecule has 1 aromatic heterocycles. The SMILES string of the molecule is CC(C)(C)c1ccc(COC(=O)CCc2nc3ccccc3c(=O)n2C2CC2)cc1. The molecule has 0 unspecified atom stereocenters. The number of ether oxygens (including phenoxy) is 1. The molecule has 1 aliphatic carbocycles. The maximum atomic E-state index is 12.9. The van der Waals surface area contributed by atoms with Gasteiger partial charge < -0.3 is 4.74 Å². The Morgan fingerprint density at radius 1 is 1.10 bits per heavy atom. The van der Waals surface area contributed by atoms with Crippen LogP contribution in [0.4, 0.5) is 0 Å². The Hall–Kier alpha value is -2.95. The molecule has 1 fully saturated rings. The fraction of sp³-hybridized carbons (Fsp3) is 0.400. The number of carbonyl (C=O) groups is 1. The van der Waals surface area contributed by atoms with E-state index < -0.39 is 0 Å². The van der Waals surface area contributed by atoms with E-state index in [0.29, 0.717) is 23.1 Å². The lowest BCUT2D eigenvalue weighted by Gasteiger charge is -2.19.